The summed E-state index contributed by atoms with van der Waals surface area (Å²) >= 11 is 11.3. The number of nitrogens with zero attached hydrogens (tertiary/aromatic N) is 2. The summed E-state index contributed by atoms with van der Waals surface area (Å²) in [6, 6.07) is 13.2. The van der Waals surface area contributed by atoms with Gasteiger partial charge in [-0.25, -0.2) is 4.79 Å². The van der Waals surface area contributed by atoms with Gasteiger partial charge in [0.2, 0.25) is 0 Å². The van der Waals surface area contributed by atoms with Crippen molar-refractivity contribution in [3.63, 3.8) is 0 Å². The Morgan fingerprint density at radius 1 is 1.09 bits per heavy atom. The van der Waals surface area contributed by atoms with Gasteiger partial charge in [0.05, 0.1) is 23.4 Å². The zero-order valence-electron chi connectivity index (χ0n) is 19.0. The predicted molar refractivity (Wildman–Crippen MR) is 136 cm³/mol. The maximum absolute atomic E-state index is 13.3. The van der Waals surface area contributed by atoms with Crippen LogP contribution in [0.25, 0.3) is 11.8 Å². The molecule has 35 heavy (non-hydrogen) atoms. The summed E-state index contributed by atoms with van der Waals surface area (Å²) in [6.07, 6.45) is 1.50. The summed E-state index contributed by atoms with van der Waals surface area (Å²) in [5, 5.41) is 12.1. The molecule has 2 amide bonds. The van der Waals surface area contributed by atoms with Crippen LogP contribution >= 0.6 is 23.8 Å². The first kappa shape index (κ1) is 24.2. The quantitative estimate of drug-likeness (QED) is 0.302. The molecular formula is C25H20ClN3O5S. The maximum Gasteiger partial charge on any atom is 0.337 e. The molecule has 1 saturated heterocycles. The highest BCUT2D eigenvalue weighted by molar-refractivity contribution is 7.80. The van der Waals surface area contributed by atoms with Gasteiger partial charge in [0, 0.05) is 17.1 Å². The molecule has 1 fully saturated rings. The second kappa shape index (κ2) is 9.36. The number of methoxy groups -OCH3 is 1. The first-order chi connectivity index (χ1) is 16.6. The van der Waals surface area contributed by atoms with Crippen LogP contribution < -0.4 is 15.0 Å². The number of aromatic nitrogens is 1. The van der Waals surface area contributed by atoms with Crippen molar-refractivity contribution in [3.05, 3.63) is 81.6 Å². The Balaban J connectivity index is 1.75. The molecule has 2 heterocycles. The topological polar surface area (TPSA) is 101 Å². The molecule has 0 atom stereocenters. The van der Waals surface area contributed by atoms with Gasteiger partial charge in [-0.2, -0.15) is 0 Å². The lowest BCUT2D eigenvalue weighted by Crippen LogP contribution is -2.54. The van der Waals surface area contributed by atoms with Crippen LogP contribution in [-0.4, -0.2) is 39.7 Å². The van der Waals surface area contributed by atoms with Crippen LogP contribution in [0.5, 0.6) is 5.75 Å². The minimum absolute atomic E-state index is 0.0184. The third kappa shape index (κ3) is 4.43. The molecule has 0 spiro atoms. The fourth-order valence-electron chi connectivity index (χ4n) is 3.93. The van der Waals surface area contributed by atoms with E-state index in [2.05, 4.69) is 5.32 Å². The summed E-state index contributed by atoms with van der Waals surface area (Å²) < 4.78 is 6.98. The maximum atomic E-state index is 13.3. The Kier molecular flexibility index (Phi) is 6.47. The Bertz CT molecular complexity index is 1430. The minimum atomic E-state index is -1.14. The number of thiocarbonyl (C=S) groups is 1. The summed E-state index contributed by atoms with van der Waals surface area (Å²) in [4.78, 5) is 38.8. The molecule has 4 rings (SSSR count). The molecular weight excluding hydrogens is 490 g/mol. The number of carbonyl (C=O) groups is 3. The Morgan fingerprint density at radius 2 is 1.74 bits per heavy atom. The van der Waals surface area contributed by atoms with Gasteiger partial charge in [0.25, 0.3) is 11.8 Å². The number of amides is 2. The van der Waals surface area contributed by atoms with E-state index < -0.39 is 17.8 Å². The number of benzene rings is 2. The van der Waals surface area contributed by atoms with Crippen molar-refractivity contribution in [2.75, 3.05) is 12.0 Å². The zero-order chi connectivity index (χ0) is 25.4. The van der Waals surface area contributed by atoms with E-state index in [9.17, 15) is 19.5 Å². The van der Waals surface area contributed by atoms with E-state index in [1.54, 1.807) is 30.3 Å². The molecule has 3 aromatic rings. The van der Waals surface area contributed by atoms with Gasteiger partial charge < -0.3 is 14.4 Å². The number of nitrogens with one attached hydrogen (secondary N) is 1. The number of carboxylic acid groups (broad SMARTS) is 1. The molecule has 1 aliphatic heterocycles. The predicted octanol–water partition coefficient (Wildman–Crippen LogP) is 4.29. The highest BCUT2D eigenvalue weighted by Gasteiger charge is 2.34. The second-order valence-electron chi connectivity index (χ2n) is 7.79. The number of hydrogen-bond acceptors (Lipinski definition) is 5. The molecule has 1 aliphatic rings. The van der Waals surface area contributed by atoms with Gasteiger partial charge in [0.1, 0.15) is 11.3 Å². The van der Waals surface area contributed by atoms with Gasteiger partial charge in [-0.1, -0.05) is 11.6 Å². The average Bonchev–Trinajstić information content (AvgIpc) is 3.10. The van der Waals surface area contributed by atoms with Crippen LogP contribution in [0, 0.1) is 13.8 Å². The molecule has 0 saturated carbocycles. The van der Waals surface area contributed by atoms with Crippen molar-refractivity contribution in [1.29, 1.82) is 0 Å². The van der Waals surface area contributed by atoms with Crippen molar-refractivity contribution >= 4 is 58.5 Å². The normalized spacial score (nSPS) is 14.9. The van der Waals surface area contributed by atoms with Crippen molar-refractivity contribution in [3.8, 4) is 11.4 Å². The largest absolute Gasteiger partial charge is 0.497 e. The van der Waals surface area contributed by atoms with Gasteiger partial charge in [0.15, 0.2) is 5.11 Å². The first-order valence-corrected chi connectivity index (χ1v) is 11.2. The molecule has 0 aliphatic carbocycles. The van der Waals surface area contributed by atoms with Crippen LogP contribution in [0.2, 0.25) is 5.02 Å². The number of hydrogen-bond donors (Lipinski definition) is 2. The number of anilines is 1. The number of halogens is 1. The SMILES string of the molecule is COc1ccc(N2C(=O)/C(=C/c3cc(C)n(-c4ccc(Cl)c(C(=O)O)c4)c3C)C(=O)NC2=S)cc1. The third-order valence-electron chi connectivity index (χ3n) is 5.64. The van der Waals surface area contributed by atoms with Crippen LogP contribution in [0.15, 0.2) is 54.1 Å². The van der Waals surface area contributed by atoms with E-state index in [-0.39, 0.29) is 21.3 Å². The molecule has 0 bridgehead atoms. The number of rotatable bonds is 5. The van der Waals surface area contributed by atoms with E-state index in [4.69, 9.17) is 28.6 Å². The smallest absolute Gasteiger partial charge is 0.337 e. The van der Waals surface area contributed by atoms with E-state index in [0.717, 1.165) is 5.69 Å². The summed E-state index contributed by atoms with van der Waals surface area (Å²) in [6.45, 7) is 3.65. The van der Waals surface area contributed by atoms with E-state index in [0.29, 0.717) is 28.4 Å². The number of aryl methyl sites for hydroxylation is 1. The molecule has 2 N–H and O–H groups in total. The molecule has 0 unspecified atom stereocenters. The monoisotopic (exact) mass is 509 g/mol. The van der Waals surface area contributed by atoms with Gasteiger partial charge in [-0.05, 0) is 86.2 Å². The second-order valence-corrected chi connectivity index (χ2v) is 8.58. The summed E-state index contributed by atoms with van der Waals surface area (Å²) in [7, 11) is 1.54. The van der Waals surface area contributed by atoms with E-state index >= 15 is 0 Å². The van der Waals surface area contributed by atoms with Crippen molar-refractivity contribution in [2.45, 2.75) is 13.8 Å². The summed E-state index contributed by atoms with van der Waals surface area (Å²) in [5.74, 6) is -1.69. The Labute approximate surface area is 211 Å². The lowest BCUT2D eigenvalue weighted by molar-refractivity contribution is -0.122. The fraction of sp³-hybridized carbons (Fsp3) is 0.120. The van der Waals surface area contributed by atoms with Crippen LogP contribution in [0.3, 0.4) is 0 Å². The van der Waals surface area contributed by atoms with Crippen molar-refractivity contribution in [1.82, 2.24) is 9.88 Å². The molecule has 10 heteroatoms. The number of aromatic carboxylic acids is 1. The van der Waals surface area contributed by atoms with E-state index in [1.807, 2.05) is 24.5 Å². The molecule has 0 radical (unpaired) electrons. The molecule has 8 nitrogen and oxygen atoms in total. The van der Waals surface area contributed by atoms with Gasteiger partial charge in [-0.3, -0.25) is 19.8 Å². The Morgan fingerprint density at radius 3 is 2.37 bits per heavy atom. The fourth-order valence-corrected chi connectivity index (χ4v) is 4.41. The standard InChI is InChI=1S/C25H20ClN3O5S/c1-13-10-15(14(2)28(13)17-6-9-21(26)19(12-17)24(32)33)11-20-22(30)27-25(35)29(23(20)31)16-4-7-18(34-3)8-5-16/h4-12H,1-3H3,(H,32,33)(H,27,30,35)/b20-11+. The van der Waals surface area contributed by atoms with Crippen LogP contribution in [0.4, 0.5) is 5.69 Å². The number of carbonyl (C=O) groups excluding carboxylic acids is 2. The van der Waals surface area contributed by atoms with Crippen LogP contribution in [0.1, 0.15) is 27.3 Å². The average molecular weight is 510 g/mol. The van der Waals surface area contributed by atoms with Crippen molar-refractivity contribution in [2.24, 2.45) is 0 Å². The lowest BCUT2D eigenvalue weighted by atomic mass is 10.1. The molecule has 1 aromatic heterocycles. The third-order valence-corrected chi connectivity index (χ3v) is 6.26. The van der Waals surface area contributed by atoms with Crippen molar-refractivity contribution < 1.29 is 24.2 Å². The highest BCUT2D eigenvalue weighted by Crippen LogP contribution is 2.28. The number of ether oxygens (including phenoxy) is 1. The minimum Gasteiger partial charge on any atom is -0.497 e. The zero-order valence-corrected chi connectivity index (χ0v) is 20.5. The number of carboxylic acids is 1. The van der Waals surface area contributed by atoms with E-state index in [1.165, 1.54) is 30.2 Å². The summed E-state index contributed by atoms with van der Waals surface area (Å²) in [5.41, 5.74) is 3.07. The lowest BCUT2D eigenvalue weighted by Gasteiger charge is -2.29. The Hall–Kier alpha value is -3.95. The molecule has 178 valence electrons. The van der Waals surface area contributed by atoms with Crippen LogP contribution in [-0.2, 0) is 9.59 Å². The van der Waals surface area contributed by atoms with Gasteiger partial charge in [-0.15, -0.1) is 0 Å². The first-order valence-electron chi connectivity index (χ1n) is 10.4. The molecule has 2 aromatic carbocycles. The highest BCUT2D eigenvalue weighted by atomic mass is 35.5. The van der Waals surface area contributed by atoms with Gasteiger partial charge >= 0.3 is 5.97 Å².